The predicted octanol–water partition coefficient (Wildman–Crippen LogP) is 0.822. The van der Waals surface area contributed by atoms with Gasteiger partial charge >= 0.3 is 5.97 Å². The van der Waals surface area contributed by atoms with Crippen LogP contribution in [0.5, 0.6) is 0 Å². The summed E-state index contributed by atoms with van der Waals surface area (Å²) in [7, 11) is 1.23. The molecule has 0 fully saturated rings. The summed E-state index contributed by atoms with van der Waals surface area (Å²) in [5.74, 6) is -0.612. The molecule has 0 atom stereocenters. The van der Waals surface area contributed by atoms with Crippen molar-refractivity contribution in [3.63, 3.8) is 0 Å². The molecule has 6 nitrogen and oxygen atoms in total. The summed E-state index contributed by atoms with van der Waals surface area (Å²) in [6, 6.07) is 1.49. The lowest BCUT2D eigenvalue weighted by Crippen LogP contribution is -2.06. The van der Waals surface area contributed by atoms with Gasteiger partial charge in [-0.15, -0.1) is 0 Å². The van der Waals surface area contributed by atoms with Crippen molar-refractivity contribution in [2.75, 3.05) is 7.11 Å². The van der Waals surface area contributed by atoms with Crippen molar-refractivity contribution >= 4 is 23.4 Å². The normalized spacial score (nSPS) is 10.2. The molecule has 0 aliphatic rings. The lowest BCUT2D eigenvalue weighted by molar-refractivity contribution is 0.0587. The van der Waals surface area contributed by atoms with Crippen LogP contribution >= 0.6 is 0 Å². The van der Waals surface area contributed by atoms with E-state index in [1.807, 2.05) is 0 Å². The molecule has 6 heteroatoms. The van der Waals surface area contributed by atoms with Crippen molar-refractivity contribution in [3.8, 4) is 0 Å². The number of hydrogen-bond acceptors (Lipinski definition) is 6. The summed E-state index contributed by atoms with van der Waals surface area (Å²) in [4.78, 5) is 29.1. The molecule has 0 radical (unpaired) electrons. The predicted molar refractivity (Wildman–Crippen MR) is 48.5 cm³/mol. The molecule has 2 rings (SSSR count). The summed E-state index contributed by atoms with van der Waals surface area (Å²) in [6.07, 6.45) is 1.95. The Morgan fingerprint density at radius 2 is 2.40 bits per heavy atom. The maximum absolute atomic E-state index is 11.1. The van der Waals surface area contributed by atoms with E-state index in [4.69, 9.17) is 4.42 Å². The van der Waals surface area contributed by atoms with Crippen molar-refractivity contribution < 1.29 is 18.7 Å². The summed E-state index contributed by atoms with van der Waals surface area (Å²) in [6.45, 7) is 0. The topological polar surface area (TPSA) is 82.3 Å². The fourth-order valence-corrected chi connectivity index (χ4v) is 1.10. The van der Waals surface area contributed by atoms with Gasteiger partial charge in [-0.25, -0.2) is 9.78 Å². The Bertz CT molecular complexity index is 532. The van der Waals surface area contributed by atoms with Crippen molar-refractivity contribution in [1.29, 1.82) is 0 Å². The van der Waals surface area contributed by atoms with Gasteiger partial charge in [-0.3, -0.25) is 4.79 Å². The highest BCUT2D eigenvalue weighted by Gasteiger charge is 2.12. The van der Waals surface area contributed by atoms with Gasteiger partial charge in [-0.2, -0.15) is 4.98 Å². The lowest BCUT2D eigenvalue weighted by atomic mass is 10.4. The number of ether oxygens (including phenoxy) is 1. The number of rotatable bonds is 2. The molecule has 15 heavy (non-hydrogen) atoms. The summed E-state index contributed by atoms with van der Waals surface area (Å²) < 4.78 is 9.47. The van der Waals surface area contributed by atoms with Gasteiger partial charge in [0.15, 0.2) is 12.0 Å². The minimum atomic E-state index is -0.652. The monoisotopic (exact) mass is 206 g/mol. The van der Waals surface area contributed by atoms with Crippen LogP contribution < -0.4 is 0 Å². The molecule has 2 aromatic heterocycles. The minimum Gasteiger partial charge on any atom is -0.463 e. The number of aromatic nitrogens is 2. The second-order valence-corrected chi connectivity index (χ2v) is 2.71. The molecule has 0 N–H and O–H groups in total. The van der Waals surface area contributed by atoms with E-state index in [9.17, 15) is 9.59 Å². The number of furan rings is 1. The number of aldehydes is 1. The second kappa shape index (κ2) is 3.49. The van der Waals surface area contributed by atoms with E-state index in [2.05, 4.69) is 14.7 Å². The summed E-state index contributed by atoms with van der Waals surface area (Å²) >= 11 is 0. The van der Waals surface area contributed by atoms with E-state index in [1.54, 1.807) is 0 Å². The number of fused-ring (bicyclic) bond motifs is 1. The molecule has 2 aromatic rings. The van der Waals surface area contributed by atoms with Gasteiger partial charge in [0.25, 0.3) is 0 Å². The molecule has 0 saturated heterocycles. The van der Waals surface area contributed by atoms with Crippen molar-refractivity contribution in [3.05, 3.63) is 23.8 Å². The van der Waals surface area contributed by atoms with E-state index in [1.165, 1.54) is 19.4 Å². The van der Waals surface area contributed by atoms with Crippen molar-refractivity contribution in [2.24, 2.45) is 0 Å². The molecule has 0 aliphatic heterocycles. The average molecular weight is 206 g/mol. The fraction of sp³-hybridized carbons (Fsp3) is 0.111. The van der Waals surface area contributed by atoms with E-state index < -0.39 is 5.97 Å². The summed E-state index contributed by atoms with van der Waals surface area (Å²) in [5.41, 5.74) is 0.188. The zero-order valence-electron chi connectivity index (χ0n) is 7.76. The first-order valence-corrected chi connectivity index (χ1v) is 4.04. The standard InChI is InChI=1S/C9H6N2O4/c1-14-9(13)7-10-3-5-2-6(4-12)15-8(5)11-7/h2-4H,1H3. The molecule has 2 heterocycles. The third kappa shape index (κ3) is 1.56. The van der Waals surface area contributed by atoms with Crippen LogP contribution in [0, 0.1) is 0 Å². The van der Waals surface area contributed by atoms with E-state index >= 15 is 0 Å². The average Bonchev–Trinajstić information content (AvgIpc) is 2.69. The van der Waals surface area contributed by atoms with Gasteiger partial charge in [0.2, 0.25) is 11.5 Å². The zero-order chi connectivity index (χ0) is 10.8. The number of hydrogen-bond donors (Lipinski definition) is 0. The molecule has 0 saturated carbocycles. The lowest BCUT2D eigenvalue weighted by Gasteiger charge is -1.95. The highest BCUT2D eigenvalue weighted by Crippen LogP contribution is 2.15. The van der Waals surface area contributed by atoms with Crippen LogP contribution in [0.1, 0.15) is 21.2 Å². The highest BCUT2D eigenvalue weighted by atomic mass is 16.5. The Morgan fingerprint density at radius 1 is 1.60 bits per heavy atom. The Labute approximate surface area is 83.9 Å². The number of nitrogens with zero attached hydrogens (tertiary/aromatic N) is 2. The largest absolute Gasteiger partial charge is 0.463 e. The van der Waals surface area contributed by atoms with Gasteiger partial charge in [0.1, 0.15) is 0 Å². The van der Waals surface area contributed by atoms with Crippen LogP contribution in [0.25, 0.3) is 11.1 Å². The number of carbonyl (C=O) groups excluding carboxylic acids is 2. The molecule has 0 aromatic carbocycles. The summed E-state index contributed by atoms with van der Waals surface area (Å²) in [5, 5.41) is 0.560. The molecule has 0 spiro atoms. The van der Waals surface area contributed by atoms with Gasteiger partial charge in [-0.1, -0.05) is 0 Å². The van der Waals surface area contributed by atoms with Gasteiger partial charge < -0.3 is 9.15 Å². The quantitative estimate of drug-likeness (QED) is 0.534. The van der Waals surface area contributed by atoms with Gasteiger partial charge in [0, 0.05) is 6.20 Å². The molecule has 0 aliphatic carbocycles. The van der Waals surface area contributed by atoms with Gasteiger partial charge in [-0.05, 0) is 6.07 Å². The van der Waals surface area contributed by atoms with Crippen LogP contribution in [0.3, 0.4) is 0 Å². The minimum absolute atomic E-state index is 0.100. The van der Waals surface area contributed by atoms with Gasteiger partial charge in [0.05, 0.1) is 12.5 Å². The maximum atomic E-state index is 11.1. The first-order chi connectivity index (χ1) is 7.24. The first kappa shape index (κ1) is 9.32. The fourth-order valence-electron chi connectivity index (χ4n) is 1.10. The Kier molecular flexibility index (Phi) is 2.17. The smallest absolute Gasteiger partial charge is 0.376 e. The van der Waals surface area contributed by atoms with Crippen molar-refractivity contribution in [1.82, 2.24) is 9.97 Å². The first-order valence-electron chi connectivity index (χ1n) is 4.04. The molecule has 0 bridgehead atoms. The maximum Gasteiger partial charge on any atom is 0.376 e. The van der Waals surface area contributed by atoms with Crippen LogP contribution in [-0.4, -0.2) is 29.3 Å². The molecular weight excluding hydrogens is 200 g/mol. The Balaban J connectivity index is 2.55. The Morgan fingerprint density at radius 3 is 3.07 bits per heavy atom. The van der Waals surface area contributed by atoms with Crippen LogP contribution in [0.4, 0.5) is 0 Å². The van der Waals surface area contributed by atoms with E-state index in [0.717, 1.165) is 0 Å². The molecule has 0 amide bonds. The third-order valence-electron chi connectivity index (χ3n) is 1.78. The molecular formula is C9H6N2O4. The SMILES string of the molecule is COC(=O)c1ncc2cc(C=O)oc2n1. The zero-order valence-corrected chi connectivity index (χ0v) is 7.76. The number of esters is 1. The Hall–Kier alpha value is -2.24. The second-order valence-electron chi connectivity index (χ2n) is 2.71. The number of methoxy groups -OCH3 is 1. The molecule has 76 valence electrons. The van der Waals surface area contributed by atoms with Crippen LogP contribution in [0.15, 0.2) is 16.7 Å². The van der Waals surface area contributed by atoms with E-state index in [-0.39, 0.29) is 17.3 Å². The third-order valence-corrected chi connectivity index (χ3v) is 1.78. The van der Waals surface area contributed by atoms with Crippen LogP contribution in [-0.2, 0) is 4.74 Å². The molecule has 0 unspecified atom stereocenters. The van der Waals surface area contributed by atoms with E-state index in [0.29, 0.717) is 11.7 Å². The highest BCUT2D eigenvalue weighted by molar-refractivity contribution is 5.88. The number of carbonyl (C=O) groups is 2. The van der Waals surface area contributed by atoms with Crippen molar-refractivity contribution in [2.45, 2.75) is 0 Å². The van der Waals surface area contributed by atoms with Crippen LogP contribution in [0.2, 0.25) is 0 Å².